The molecular formula is C10H14N4S. The van der Waals surface area contributed by atoms with E-state index in [1.165, 1.54) is 12.8 Å². The average molecular weight is 222 g/mol. The summed E-state index contributed by atoms with van der Waals surface area (Å²) in [6, 6.07) is 2.43. The number of hydrogen-bond acceptors (Lipinski definition) is 4. The highest BCUT2D eigenvalue weighted by atomic mass is 32.1. The van der Waals surface area contributed by atoms with Crippen LogP contribution in [0.2, 0.25) is 0 Å². The second-order valence-electron chi connectivity index (χ2n) is 3.65. The van der Waals surface area contributed by atoms with Crippen LogP contribution in [0, 0.1) is 0 Å². The number of nitrogens with two attached hydrogens (primary N) is 1. The fourth-order valence-corrected chi connectivity index (χ4v) is 1.86. The molecule has 0 radical (unpaired) electrons. The Hall–Kier alpha value is -1.23. The lowest BCUT2D eigenvalue weighted by Crippen LogP contribution is -2.29. The van der Waals surface area contributed by atoms with Gasteiger partial charge in [0.25, 0.3) is 0 Å². The number of aromatic nitrogens is 2. The SMILES string of the molecule is CCN(c1nnccc1C(N)=S)C1CC1. The Balaban J connectivity index is 2.36. The third-order valence-electron chi connectivity index (χ3n) is 2.57. The molecule has 0 spiro atoms. The molecule has 0 saturated heterocycles. The van der Waals surface area contributed by atoms with Crippen LogP contribution in [0.5, 0.6) is 0 Å². The predicted molar refractivity (Wildman–Crippen MR) is 64.0 cm³/mol. The van der Waals surface area contributed by atoms with Crippen molar-refractivity contribution in [3.63, 3.8) is 0 Å². The van der Waals surface area contributed by atoms with Crippen molar-refractivity contribution in [1.82, 2.24) is 10.2 Å². The smallest absolute Gasteiger partial charge is 0.161 e. The predicted octanol–water partition coefficient (Wildman–Crippen LogP) is 1.10. The first-order valence-corrected chi connectivity index (χ1v) is 5.53. The molecular weight excluding hydrogens is 208 g/mol. The monoisotopic (exact) mass is 222 g/mol. The van der Waals surface area contributed by atoms with Crippen LogP contribution in [0.15, 0.2) is 12.3 Å². The van der Waals surface area contributed by atoms with Gasteiger partial charge in [0.2, 0.25) is 0 Å². The Labute approximate surface area is 94.5 Å². The summed E-state index contributed by atoms with van der Waals surface area (Å²) in [5.74, 6) is 0.829. The van der Waals surface area contributed by atoms with E-state index < -0.39 is 0 Å². The van der Waals surface area contributed by atoms with Crippen molar-refractivity contribution in [2.75, 3.05) is 11.4 Å². The molecule has 1 aromatic heterocycles. The third-order valence-corrected chi connectivity index (χ3v) is 2.79. The van der Waals surface area contributed by atoms with E-state index in [1.54, 1.807) is 6.20 Å². The molecule has 0 unspecified atom stereocenters. The Kier molecular flexibility index (Phi) is 2.81. The summed E-state index contributed by atoms with van der Waals surface area (Å²) in [4.78, 5) is 2.61. The van der Waals surface area contributed by atoms with E-state index in [4.69, 9.17) is 18.0 Å². The molecule has 0 bridgehead atoms. The van der Waals surface area contributed by atoms with E-state index in [9.17, 15) is 0 Å². The van der Waals surface area contributed by atoms with Gasteiger partial charge in [0.05, 0.1) is 11.8 Å². The molecule has 5 heteroatoms. The first-order valence-electron chi connectivity index (χ1n) is 5.12. The summed E-state index contributed by atoms with van der Waals surface area (Å²) in [6.07, 6.45) is 4.07. The summed E-state index contributed by atoms with van der Waals surface area (Å²) in [5.41, 5.74) is 6.49. The minimum Gasteiger partial charge on any atom is -0.389 e. The molecule has 1 aliphatic carbocycles. The van der Waals surface area contributed by atoms with Gasteiger partial charge in [-0.3, -0.25) is 0 Å². The van der Waals surface area contributed by atoms with Crippen LogP contribution in [0.4, 0.5) is 5.82 Å². The van der Waals surface area contributed by atoms with Crippen LogP contribution < -0.4 is 10.6 Å². The van der Waals surface area contributed by atoms with Crippen LogP contribution in [-0.4, -0.2) is 27.8 Å². The molecule has 2 N–H and O–H groups in total. The molecule has 0 amide bonds. The highest BCUT2D eigenvalue weighted by Crippen LogP contribution is 2.31. The summed E-state index contributed by atoms with van der Waals surface area (Å²) in [7, 11) is 0. The average Bonchev–Trinajstić information content (AvgIpc) is 3.04. The maximum Gasteiger partial charge on any atom is 0.161 e. The van der Waals surface area contributed by atoms with Gasteiger partial charge in [0.15, 0.2) is 5.82 Å². The Morgan fingerprint density at radius 1 is 1.67 bits per heavy atom. The van der Waals surface area contributed by atoms with Gasteiger partial charge in [0.1, 0.15) is 4.99 Å². The van der Waals surface area contributed by atoms with Gasteiger partial charge in [0, 0.05) is 12.6 Å². The zero-order valence-electron chi connectivity index (χ0n) is 8.68. The van der Waals surface area contributed by atoms with Crippen LogP contribution >= 0.6 is 12.2 Å². The van der Waals surface area contributed by atoms with Crippen molar-refractivity contribution in [3.8, 4) is 0 Å². The maximum absolute atomic E-state index is 5.66. The van der Waals surface area contributed by atoms with Crippen molar-refractivity contribution in [2.45, 2.75) is 25.8 Å². The maximum atomic E-state index is 5.66. The highest BCUT2D eigenvalue weighted by Gasteiger charge is 2.30. The van der Waals surface area contributed by atoms with Gasteiger partial charge in [-0.2, -0.15) is 5.10 Å². The summed E-state index contributed by atoms with van der Waals surface area (Å²) in [5, 5.41) is 8.04. The second-order valence-corrected chi connectivity index (χ2v) is 4.09. The Morgan fingerprint density at radius 2 is 2.40 bits per heavy atom. The van der Waals surface area contributed by atoms with Crippen molar-refractivity contribution in [3.05, 3.63) is 17.8 Å². The molecule has 1 heterocycles. The van der Waals surface area contributed by atoms with Crippen molar-refractivity contribution in [1.29, 1.82) is 0 Å². The lowest BCUT2D eigenvalue weighted by molar-refractivity contribution is 0.790. The van der Waals surface area contributed by atoms with Gasteiger partial charge >= 0.3 is 0 Å². The minimum absolute atomic E-state index is 0.388. The molecule has 80 valence electrons. The van der Waals surface area contributed by atoms with Gasteiger partial charge in [-0.15, -0.1) is 5.10 Å². The highest BCUT2D eigenvalue weighted by molar-refractivity contribution is 7.80. The standard InChI is InChI=1S/C10H14N4S/c1-2-14(7-3-4-7)10-8(9(11)15)5-6-12-13-10/h5-7H,2-4H2,1H3,(H2,11,15). The molecule has 2 rings (SSSR count). The zero-order chi connectivity index (χ0) is 10.8. The number of hydrogen-bond donors (Lipinski definition) is 1. The topological polar surface area (TPSA) is 55.0 Å². The fraction of sp³-hybridized carbons (Fsp3) is 0.500. The fourth-order valence-electron chi connectivity index (χ4n) is 1.70. The lowest BCUT2D eigenvalue weighted by atomic mass is 10.2. The van der Waals surface area contributed by atoms with E-state index in [0.717, 1.165) is 17.9 Å². The second kappa shape index (κ2) is 4.10. The lowest BCUT2D eigenvalue weighted by Gasteiger charge is -2.22. The number of anilines is 1. The molecule has 15 heavy (non-hydrogen) atoms. The van der Waals surface area contributed by atoms with Crippen molar-refractivity contribution < 1.29 is 0 Å². The minimum atomic E-state index is 0.388. The van der Waals surface area contributed by atoms with Crippen LogP contribution in [0.1, 0.15) is 25.3 Å². The zero-order valence-corrected chi connectivity index (χ0v) is 9.50. The van der Waals surface area contributed by atoms with Crippen molar-refractivity contribution in [2.24, 2.45) is 5.73 Å². The van der Waals surface area contributed by atoms with Crippen LogP contribution in [-0.2, 0) is 0 Å². The van der Waals surface area contributed by atoms with Gasteiger partial charge in [-0.25, -0.2) is 0 Å². The molecule has 4 nitrogen and oxygen atoms in total. The summed E-state index contributed by atoms with van der Waals surface area (Å²) < 4.78 is 0. The molecule has 1 aromatic rings. The quantitative estimate of drug-likeness (QED) is 0.773. The van der Waals surface area contributed by atoms with Crippen molar-refractivity contribution >= 4 is 23.0 Å². The molecule has 1 aliphatic rings. The molecule has 0 aromatic carbocycles. The first kappa shape index (κ1) is 10.3. The summed E-state index contributed by atoms with van der Waals surface area (Å²) in [6.45, 7) is 3.02. The Bertz CT molecular complexity index is 375. The molecule has 0 atom stereocenters. The molecule has 1 saturated carbocycles. The van der Waals surface area contributed by atoms with Crippen LogP contribution in [0.3, 0.4) is 0 Å². The largest absolute Gasteiger partial charge is 0.389 e. The molecule has 0 aliphatic heterocycles. The van der Waals surface area contributed by atoms with Gasteiger partial charge < -0.3 is 10.6 Å². The Morgan fingerprint density at radius 3 is 2.93 bits per heavy atom. The number of thiocarbonyl (C=S) groups is 1. The summed E-state index contributed by atoms with van der Waals surface area (Å²) >= 11 is 5.01. The normalized spacial score (nSPS) is 15.0. The van der Waals surface area contributed by atoms with Crippen LogP contribution in [0.25, 0.3) is 0 Å². The van der Waals surface area contributed by atoms with E-state index in [0.29, 0.717) is 11.0 Å². The van der Waals surface area contributed by atoms with Gasteiger partial charge in [-0.05, 0) is 25.8 Å². The van der Waals surface area contributed by atoms with E-state index >= 15 is 0 Å². The van der Waals surface area contributed by atoms with E-state index in [-0.39, 0.29) is 0 Å². The third kappa shape index (κ3) is 2.07. The van der Waals surface area contributed by atoms with Gasteiger partial charge in [-0.1, -0.05) is 12.2 Å². The number of nitrogens with zero attached hydrogens (tertiary/aromatic N) is 3. The molecule has 1 fully saturated rings. The van der Waals surface area contributed by atoms with E-state index in [2.05, 4.69) is 22.0 Å². The first-order chi connectivity index (χ1) is 7.24. The number of rotatable bonds is 4. The van der Waals surface area contributed by atoms with E-state index in [1.807, 2.05) is 6.07 Å².